The Morgan fingerprint density at radius 2 is 2.00 bits per heavy atom. The molecule has 2 rings (SSSR count). The molecule has 1 amide bonds. The van der Waals surface area contributed by atoms with Crippen molar-refractivity contribution in [2.75, 3.05) is 32.8 Å². The number of nitrogens with two attached hydrogens (primary N) is 1. The van der Waals surface area contributed by atoms with Gasteiger partial charge in [-0.2, -0.15) is 0 Å². The molecule has 3 N–H and O–H groups in total. The van der Waals surface area contributed by atoms with E-state index < -0.39 is 0 Å². The number of nitrogens with zero attached hydrogens (tertiary/aromatic N) is 1. The first-order valence-corrected chi connectivity index (χ1v) is 7.96. The molecule has 140 valence electrons. The lowest BCUT2D eigenvalue weighted by Crippen LogP contribution is -2.43. The molecule has 1 aliphatic rings. The van der Waals surface area contributed by atoms with Gasteiger partial charge in [0.05, 0.1) is 19.3 Å². The Kier molecular flexibility index (Phi) is 11.3. The third kappa shape index (κ3) is 7.40. The highest BCUT2D eigenvalue weighted by Crippen LogP contribution is 2.23. The minimum atomic E-state index is 0. The lowest BCUT2D eigenvalue weighted by molar-refractivity contribution is -0.121. The standard InChI is InChI=1S/C16H27N3O3.2ClH/c1-12(17)3-6-16(20)18-11-14(15-5-4-13(2)22-15)19-7-9-21-10-8-19;;/h4-5,12,14H,3,6-11,17H2,1-2H3,(H,18,20);2*1H. The lowest BCUT2D eigenvalue weighted by Gasteiger charge is -2.33. The fourth-order valence-electron chi connectivity index (χ4n) is 2.59. The van der Waals surface area contributed by atoms with Gasteiger partial charge < -0.3 is 20.2 Å². The zero-order chi connectivity index (χ0) is 15.9. The van der Waals surface area contributed by atoms with E-state index in [-0.39, 0.29) is 42.8 Å². The van der Waals surface area contributed by atoms with E-state index in [1.165, 1.54) is 0 Å². The number of hydrogen-bond donors (Lipinski definition) is 2. The van der Waals surface area contributed by atoms with Crippen LogP contribution in [-0.4, -0.2) is 49.7 Å². The number of amides is 1. The molecule has 2 heterocycles. The van der Waals surface area contributed by atoms with Gasteiger partial charge in [-0.1, -0.05) is 0 Å². The Labute approximate surface area is 156 Å². The van der Waals surface area contributed by atoms with E-state index in [1.807, 2.05) is 26.0 Å². The van der Waals surface area contributed by atoms with Crippen LogP contribution < -0.4 is 11.1 Å². The molecular formula is C16H29Cl2N3O3. The van der Waals surface area contributed by atoms with E-state index in [9.17, 15) is 4.79 Å². The molecule has 1 saturated heterocycles. The van der Waals surface area contributed by atoms with Crippen molar-refractivity contribution in [1.29, 1.82) is 0 Å². The zero-order valence-corrected chi connectivity index (χ0v) is 16.0. The van der Waals surface area contributed by atoms with Gasteiger partial charge in [0.2, 0.25) is 5.91 Å². The zero-order valence-electron chi connectivity index (χ0n) is 14.3. The number of carbonyl (C=O) groups is 1. The monoisotopic (exact) mass is 381 g/mol. The number of aryl methyl sites for hydroxylation is 1. The first-order chi connectivity index (χ1) is 10.6. The van der Waals surface area contributed by atoms with E-state index in [4.69, 9.17) is 14.9 Å². The van der Waals surface area contributed by atoms with Gasteiger partial charge in [-0.05, 0) is 32.4 Å². The van der Waals surface area contributed by atoms with Gasteiger partial charge >= 0.3 is 0 Å². The maximum Gasteiger partial charge on any atom is 0.220 e. The Balaban J connectivity index is 0.00000264. The van der Waals surface area contributed by atoms with Crippen LogP contribution in [0.4, 0.5) is 0 Å². The van der Waals surface area contributed by atoms with Crippen molar-refractivity contribution in [2.24, 2.45) is 5.73 Å². The first-order valence-electron chi connectivity index (χ1n) is 7.96. The second-order valence-electron chi connectivity index (χ2n) is 5.93. The van der Waals surface area contributed by atoms with Crippen molar-refractivity contribution >= 4 is 30.7 Å². The summed E-state index contributed by atoms with van der Waals surface area (Å²) < 4.78 is 11.2. The van der Waals surface area contributed by atoms with Gasteiger partial charge in [-0.15, -0.1) is 24.8 Å². The van der Waals surface area contributed by atoms with Crippen molar-refractivity contribution in [3.63, 3.8) is 0 Å². The number of morpholine rings is 1. The van der Waals surface area contributed by atoms with Gasteiger partial charge in [0.1, 0.15) is 11.5 Å². The molecule has 0 saturated carbocycles. The van der Waals surface area contributed by atoms with Crippen LogP contribution in [-0.2, 0) is 9.53 Å². The minimum Gasteiger partial charge on any atom is -0.465 e. The summed E-state index contributed by atoms with van der Waals surface area (Å²) in [6, 6.07) is 4.05. The molecular weight excluding hydrogens is 353 g/mol. The summed E-state index contributed by atoms with van der Waals surface area (Å²) in [6.45, 7) is 7.52. The second-order valence-corrected chi connectivity index (χ2v) is 5.93. The summed E-state index contributed by atoms with van der Waals surface area (Å²) in [5.74, 6) is 1.82. The lowest BCUT2D eigenvalue weighted by atomic mass is 10.1. The summed E-state index contributed by atoms with van der Waals surface area (Å²) in [5.41, 5.74) is 5.69. The third-order valence-corrected chi connectivity index (χ3v) is 3.90. The summed E-state index contributed by atoms with van der Waals surface area (Å²) in [5, 5.41) is 3.01. The molecule has 0 aliphatic carbocycles. The van der Waals surface area contributed by atoms with Crippen LogP contribution >= 0.6 is 24.8 Å². The van der Waals surface area contributed by atoms with E-state index in [0.717, 1.165) is 37.8 Å². The summed E-state index contributed by atoms with van der Waals surface area (Å²) >= 11 is 0. The Hall–Kier alpha value is -0.790. The number of halogens is 2. The molecule has 1 aromatic rings. The van der Waals surface area contributed by atoms with E-state index in [2.05, 4.69) is 10.2 Å². The highest BCUT2D eigenvalue weighted by atomic mass is 35.5. The maximum absolute atomic E-state index is 11.9. The molecule has 2 unspecified atom stereocenters. The van der Waals surface area contributed by atoms with Crippen LogP contribution in [0.25, 0.3) is 0 Å². The largest absolute Gasteiger partial charge is 0.465 e. The number of hydrogen-bond acceptors (Lipinski definition) is 5. The van der Waals surface area contributed by atoms with Crippen LogP contribution in [0, 0.1) is 6.92 Å². The van der Waals surface area contributed by atoms with Gasteiger partial charge in [0.25, 0.3) is 0 Å². The Bertz CT molecular complexity index is 477. The summed E-state index contributed by atoms with van der Waals surface area (Å²) in [4.78, 5) is 14.2. The van der Waals surface area contributed by atoms with Crippen molar-refractivity contribution in [3.05, 3.63) is 23.7 Å². The van der Waals surface area contributed by atoms with Crippen LogP contribution in [0.5, 0.6) is 0 Å². The van der Waals surface area contributed by atoms with Gasteiger partial charge in [-0.3, -0.25) is 9.69 Å². The summed E-state index contributed by atoms with van der Waals surface area (Å²) in [7, 11) is 0. The highest BCUT2D eigenvalue weighted by molar-refractivity contribution is 5.85. The number of rotatable bonds is 7. The highest BCUT2D eigenvalue weighted by Gasteiger charge is 2.25. The molecule has 1 aliphatic heterocycles. The molecule has 6 nitrogen and oxygen atoms in total. The fourth-order valence-corrected chi connectivity index (χ4v) is 2.59. The van der Waals surface area contributed by atoms with Crippen molar-refractivity contribution in [3.8, 4) is 0 Å². The SMILES string of the molecule is Cc1ccc(C(CNC(=O)CCC(C)N)N2CCOCC2)o1.Cl.Cl. The Morgan fingerprint density at radius 3 is 2.54 bits per heavy atom. The van der Waals surface area contributed by atoms with E-state index in [1.54, 1.807) is 0 Å². The number of nitrogens with one attached hydrogen (secondary N) is 1. The van der Waals surface area contributed by atoms with Gasteiger partial charge in [0, 0.05) is 32.1 Å². The molecule has 0 bridgehead atoms. The maximum atomic E-state index is 11.9. The average molecular weight is 382 g/mol. The molecule has 8 heteroatoms. The molecule has 1 aromatic heterocycles. The smallest absolute Gasteiger partial charge is 0.220 e. The van der Waals surface area contributed by atoms with Gasteiger partial charge in [0.15, 0.2) is 0 Å². The molecule has 0 aromatic carbocycles. The Morgan fingerprint density at radius 1 is 1.33 bits per heavy atom. The first kappa shape index (κ1) is 23.2. The number of furan rings is 1. The van der Waals surface area contributed by atoms with Crippen molar-refractivity contribution in [1.82, 2.24) is 10.2 Å². The minimum absolute atomic E-state index is 0. The van der Waals surface area contributed by atoms with Crippen LogP contribution in [0.1, 0.15) is 37.3 Å². The second kappa shape index (κ2) is 11.7. The van der Waals surface area contributed by atoms with Crippen LogP contribution in [0.15, 0.2) is 16.5 Å². The molecule has 0 radical (unpaired) electrons. The van der Waals surface area contributed by atoms with Gasteiger partial charge in [-0.25, -0.2) is 0 Å². The number of ether oxygens (including phenoxy) is 1. The van der Waals surface area contributed by atoms with Crippen LogP contribution in [0.2, 0.25) is 0 Å². The predicted octanol–water partition coefficient (Wildman–Crippen LogP) is 2.05. The quantitative estimate of drug-likeness (QED) is 0.755. The fraction of sp³-hybridized carbons (Fsp3) is 0.688. The normalized spacial score (nSPS) is 17.3. The predicted molar refractivity (Wildman–Crippen MR) is 99.0 cm³/mol. The molecule has 2 atom stereocenters. The van der Waals surface area contributed by atoms with Crippen molar-refractivity contribution < 1.29 is 13.9 Å². The van der Waals surface area contributed by atoms with Crippen LogP contribution in [0.3, 0.4) is 0 Å². The number of carbonyl (C=O) groups excluding carboxylic acids is 1. The third-order valence-electron chi connectivity index (χ3n) is 3.90. The molecule has 24 heavy (non-hydrogen) atoms. The average Bonchev–Trinajstić information content (AvgIpc) is 2.93. The summed E-state index contributed by atoms with van der Waals surface area (Å²) in [6.07, 6.45) is 1.17. The van der Waals surface area contributed by atoms with E-state index >= 15 is 0 Å². The molecule has 0 spiro atoms. The molecule has 1 fully saturated rings. The van der Waals surface area contributed by atoms with E-state index in [0.29, 0.717) is 19.4 Å². The topological polar surface area (TPSA) is 80.7 Å². The van der Waals surface area contributed by atoms with Crippen molar-refractivity contribution in [2.45, 2.75) is 38.8 Å².